The highest BCUT2D eigenvalue weighted by Crippen LogP contribution is 2.41. The zero-order valence-electron chi connectivity index (χ0n) is 10.5. The van der Waals surface area contributed by atoms with Crippen molar-refractivity contribution in [3.63, 3.8) is 0 Å². The highest BCUT2D eigenvalue weighted by Gasteiger charge is 2.38. The second-order valence-corrected chi connectivity index (χ2v) is 5.91. The second kappa shape index (κ2) is 4.83. The molecule has 1 heterocycles. The first-order chi connectivity index (χ1) is 9.99. The van der Waals surface area contributed by atoms with E-state index in [0.717, 1.165) is 11.6 Å². The predicted molar refractivity (Wildman–Crippen MR) is 73.7 cm³/mol. The Balaban J connectivity index is 2.26. The maximum atomic E-state index is 12.6. The monoisotopic (exact) mass is 304 g/mol. The summed E-state index contributed by atoms with van der Waals surface area (Å²) in [6.45, 7) is 0. The Labute approximate surface area is 121 Å². The molecule has 7 nitrogen and oxygen atoms in total. The lowest BCUT2D eigenvalue weighted by molar-refractivity contribution is -0.396. The van der Waals surface area contributed by atoms with Gasteiger partial charge < -0.3 is 4.55 Å². The molecule has 21 heavy (non-hydrogen) atoms. The molecule has 1 aliphatic rings. The van der Waals surface area contributed by atoms with E-state index in [2.05, 4.69) is 0 Å². The third-order valence-corrected chi connectivity index (χ3v) is 4.92. The first-order valence-corrected chi connectivity index (χ1v) is 7.09. The van der Waals surface area contributed by atoms with E-state index in [-0.39, 0.29) is 10.6 Å². The van der Waals surface area contributed by atoms with Crippen LogP contribution in [0, 0.1) is 20.2 Å². The maximum absolute atomic E-state index is 12.6. The third kappa shape index (κ3) is 2.14. The van der Waals surface area contributed by atoms with Gasteiger partial charge in [-0.2, -0.15) is 0 Å². The van der Waals surface area contributed by atoms with Gasteiger partial charge >= 0.3 is 5.69 Å². The molecule has 106 valence electrons. The number of nitrogens with zero attached hydrogens (tertiary/aromatic N) is 2. The zero-order valence-corrected chi connectivity index (χ0v) is 11.3. The minimum Gasteiger partial charge on any atom is -0.606 e. The van der Waals surface area contributed by atoms with Gasteiger partial charge in [-0.3, -0.25) is 20.2 Å². The molecule has 0 amide bonds. The predicted octanol–water partition coefficient (Wildman–Crippen LogP) is 2.57. The molecular weight excluding hydrogens is 296 g/mol. The first-order valence-electron chi connectivity index (χ1n) is 5.94. The van der Waals surface area contributed by atoms with Crippen LogP contribution in [0.1, 0.15) is 11.1 Å². The first kappa shape index (κ1) is 13.5. The van der Waals surface area contributed by atoms with Crippen LogP contribution in [0.2, 0.25) is 0 Å². The van der Waals surface area contributed by atoms with Gasteiger partial charge in [-0.25, -0.2) is 0 Å². The molecule has 0 aliphatic carbocycles. The topological polar surface area (TPSA) is 109 Å². The lowest BCUT2D eigenvalue weighted by Crippen LogP contribution is -2.17. The summed E-state index contributed by atoms with van der Waals surface area (Å²) in [5.41, 5.74) is 0.301. The quantitative estimate of drug-likeness (QED) is 0.481. The molecule has 2 aromatic rings. The van der Waals surface area contributed by atoms with Gasteiger partial charge in [0, 0.05) is 34.8 Å². The molecule has 2 aromatic carbocycles. The minimum atomic E-state index is -1.71. The fourth-order valence-electron chi connectivity index (χ4n) is 2.39. The Kier molecular flexibility index (Phi) is 3.11. The van der Waals surface area contributed by atoms with Crippen molar-refractivity contribution < 1.29 is 14.4 Å². The van der Waals surface area contributed by atoms with Gasteiger partial charge in [0.25, 0.3) is 5.69 Å². The Morgan fingerprint density at radius 3 is 2.38 bits per heavy atom. The fourth-order valence-corrected chi connectivity index (χ4v) is 3.88. The van der Waals surface area contributed by atoms with E-state index in [1.54, 1.807) is 24.3 Å². The summed E-state index contributed by atoms with van der Waals surface area (Å²) < 4.78 is 12.6. The minimum absolute atomic E-state index is 0.0595. The average Bonchev–Trinajstić information content (AvgIpc) is 2.46. The molecule has 0 N–H and O–H groups in total. The highest BCUT2D eigenvalue weighted by molar-refractivity contribution is 7.91. The summed E-state index contributed by atoms with van der Waals surface area (Å²) >= 11 is -1.71. The Morgan fingerprint density at radius 1 is 1.00 bits per heavy atom. The number of benzene rings is 2. The summed E-state index contributed by atoms with van der Waals surface area (Å²) in [5.74, 6) is 0. The number of non-ortho nitro benzene ring substituents is 1. The lowest BCUT2D eigenvalue weighted by atomic mass is 10.0. The lowest BCUT2D eigenvalue weighted by Gasteiger charge is -2.20. The van der Waals surface area contributed by atoms with Gasteiger partial charge in [0.15, 0.2) is 4.90 Å². The molecule has 0 aromatic heterocycles. The SMILES string of the molecule is O=[N+]([O-])c1cc2c(c([N+](=O)[O-])c1)[S+]([O-])c1ccccc1C2. The van der Waals surface area contributed by atoms with Crippen LogP contribution in [0.4, 0.5) is 11.4 Å². The normalized spacial score (nSPS) is 16.0. The summed E-state index contributed by atoms with van der Waals surface area (Å²) in [6, 6.07) is 9.02. The smallest absolute Gasteiger partial charge is 0.331 e. The molecule has 0 spiro atoms. The van der Waals surface area contributed by atoms with Crippen molar-refractivity contribution in [3.05, 3.63) is 67.8 Å². The number of nitro benzene ring substituents is 2. The van der Waals surface area contributed by atoms with Crippen molar-refractivity contribution in [2.75, 3.05) is 0 Å². The van der Waals surface area contributed by atoms with E-state index in [1.165, 1.54) is 6.07 Å². The highest BCUT2D eigenvalue weighted by atomic mass is 32.2. The van der Waals surface area contributed by atoms with Crippen molar-refractivity contribution in [3.8, 4) is 0 Å². The van der Waals surface area contributed by atoms with Gasteiger partial charge in [0.2, 0.25) is 4.90 Å². The molecule has 1 atom stereocenters. The number of hydrogen-bond donors (Lipinski definition) is 0. The zero-order chi connectivity index (χ0) is 15.1. The van der Waals surface area contributed by atoms with Crippen molar-refractivity contribution >= 4 is 22.6 Å². The van der Waals surface area contributed by atoms with Gasteiger partial charge in [0.05, 0.1) is 15.9 Å². The second-order valence-electron chi connectivity index (χ2n) is 4.52. The van der Waals surface area contributed by atoms with Crippen LogP contribution in [-0.2, 0) is 17.6 Å². The molecular formula is C13H8N2O5S. The largest absolute Gasteiger partial charge is 0.606 e. The van der Waals surface area contributed by atoms with Crippen LogP contribution < -0.4 is 0 Å². The Morgan fingerprint density at radius 2 is 1.71 bits per heavy atom. The molecule has 1 unspecified atom stereocenters. The third-order valence-electron chi connectivity index (χ3n) is 3.28. The van der Waals surface area contributed by atoms with E-state index in [0.29, 0.717) is 16.9 Å². The van der Waals surface area contributed by atoms with Crippen LogP contribution in [0.15, 0.2) is 46.2 Å². The van der Waals surface area contributed by atoms with Crippen LogP contribution in [0.25, 0.3) is 0 Å². The fraction of sp³-hybridized carbons (Fsp3) is 0.0769. The van der Waals surface area contributed by atoms with Crippen LogP contribution in [0.3, 0.4) is 0 Å². The van der Waals surface area contributed by atoms with Crippen molar-refractivity contribution in [2.45, 2.75) is 16.2 Å². The average molecular weight is 304 g/mol. The molecule has 0 fully saturated rings. The number of nitro groups is 2. The van der Waals surface area contributed by atoms with Crippen molar-refractivity contribution in [1.29, 1.82) is 0 Å². The summed E-state index contributed by atoms with van der Waals surface area (Å²) in [6.07, 6.45) is 0.291. The molecule has 0 saturated heterocycles. The Hall–Kier alpha value is -2.45. The standard InChI is InChI=1S/C13H8N2O5S/c16-14(17)10-6-9-5-8-3-1-2-4-12(8)21(20)13(9)11(7-10)15(18)19/h1-4,6-7H,5H2. The summed E-state index contributed by atoms with van der Waals surface area (Å²) in [7, 11) is 0. The molecule has 1 aliphatic heterocycles. The summed E-state index contributed by atoms with van der Waals surface area (Å²) in [4.78, 5) is 21.2. The van der Waals surface area contributed by atoms with Crippen LogP contribution in [0.5, 0.6) is 0 Å². The van der Waals surface area contributed by atoms with Crippen LogP contribution >= 0.6 is 0 Å². The number of fused-ring (bicyclic) bond motifs is 2. The summed E-state index contributed by atoms with van der Waals surface area (Å²) in [5, 5.41) is 22.0. The van der Waals surface area contributed by atoms with Crippen LogP contribution in [-0.4, -0.2) is 14.4 Å². The molecule has 0 radical (unpaired) electrons. The molecule has 0 bridgehead atoms. The van der Waals surface area contributed by atoms with E-state index in [4.69, 9.17) is 0 Å². The molecule has 0 saturated carbocycles. The van der Waals surface area contributed by atoms with Gasteiger partial charge in [-0.05, 0) is 6.07 Å². The van der Waals surface area contributed by atoms with E-state index in [1.807, 2.05) is 0 Å². The van der Waals surface area contributed by atoms with E-state index >= 15 is 0 Å². The molecule has 8 heteroatoms. The maximum Gasteiger partial charge on any atom is 0.331 e. The van der Waals surface area contributed by atoms with Gasteiger partial charge in [-0.15, -0.1) is 0 Å². The molecule has 3 rings (SSSR count). The number of rotatable bonds is 2. The number of hydrogen-bond acceptors (Lipinski definition) is 5. The van der Waals surface area contributed by atoms with Gasteiger partial charge in [-0.1, -0.05) is 18.2 Å². The van der Waals surface area contributed by atoms with E-state index < -0.39 is 26.7 Å². The van der Waals surface area contributed by atoms with E-state index in [9.17, 15) is 24.8 Å². The van der Waals surface area contributed by atoms with Crippen molar-refractivity contribution in [1.82, 2.24) is 0 Å². The van der Waals surface area contributed by atoms with Crippen molar-refractivity contribution in [2.24, 2.45) is 0 Å². The van der Waals surface area contributed by atoms with Gasteiger partial charge in [0.1, 0.15) is 0 Å². The Bertz CT molecular complexity index is 777.